The Bertz CT molecular complexity index is 343. The molecule has 0 amide bonds. The lowest BCUT2D eigenvalue weighted by Crippen LogP contribution is -1.80. The number of allylic oxidation sites excluding steroid dienone is 2. The van der Waals surface area contributed by atoms with Gasteiger partial charge < -0.3 is 0 Å². The summed E-state index contributed by atoms with van der Waals surface area (Å²) in [6.07, 6.45) is 6.49. The highest BCUT2D eigenvalue weighted by molar-refractivity contribution is 9.11. The standard InChI is InChI=1S/C13H15BrS/c14-12-9-5-2-6-10-13(12)15-11-7-3-1-4-8-11/h1,3-4,7-8H,2,5-6,9-10H2. The molecule has 1 aliphatic rings. The summed E-state index contributed by atoms with van der Waals surface area (Å²) in [6.45, 7) is 0. The highest BCUT2D eigenvalue weighted by Crippen LogP contribution is 2.38. The minimum absolute atomic E-state index is 1.22. The van der Waals surface area contributed by atoms with Gasteiger partial charge in [-0.3, -0.25) is 0 Å². The summed E-state index contributed by atoms with van der Waals surface area (Å²) in [6, 6.07) is 10.6. The number of hydrogen-bond donors (Lipinski definition) is 0. The van der Waals surface area contributed by atoms with Crippen LogP contribution in [-0.2, 0) is 0 Å². The molecule has 0 spiro atoms. The van der Waals surface area contributed by atoms with E-state index in [9.17, 15) is 0 Å². The second-order valence-corrected chi connectivity index (χ2v) is 5.93. The van der Waals surface area contributed by atoms with Crippen molar-refractivity contribution in [3.05, 3.63) is 39.7 Å². The van der Waals surface area contributed by atoms with Crippen LogP contribution in [-0.4, -0.2) is 0 Å². The Morgan fingerprint density at radius 1 is 0.933 bits per heavy atom. The molecule has 1 aromatic rings. The highest BCUT2D eigenvalue weighted by atomic mass is 79.9. The molecule has 2 rings (SSSR count). The van der Waals surface area contributed by atoms with E-state index in [1.807, 2.05) is 11.8 Å². The SMILES string of the molecule is BrC1=C(Sc2ccccc2)CCCCC1. The van der Waals surface area contributed by atoms with Crippen LogP contribution in [0, 0.1) is 0 Å². The molecule has 0 nitrogen and oxygen atoms in total. The van der Waals surface area contributed by atoms with Crippen LogP contribution >= 0.6 is 27.7 Å². The number of benzene rings is 1. The number of halogens is 1. The van der Waals surface area contributed by atoms with E-state index in [-0.39, 0.29) is 0 Å². The topological polar surface area (TPSA) is 0 Å². The lowest BCUT2D eigenvalue weighted by atomic mass is 10.2. The van der Waals surface area contributed by atoms with E-state index in [1.165, 1.54) is 46.4 Å². The Kier molecular flexibility index (Phi) is 4.33. The third-order valence-electron chi connectivity index (χ3n) is 2.59. The molecule has 0 fully saturated rings. The second kappa shape index (κ2) is 5.76. The van der Waals surface area contributed by atoms with E-state index in [0.717, 1.165) is 0 Å². The monoisotopic (exact) mass is 282 g/mol. The first kappa shape index (κ1) is 11.3. The van der Waals surface area contributed by atoms with Gasteiger partial charge >= 0.3 is 0 Å². The van der Waals surface area contributed by atoms with Crippen molar-refractivity contribution in [2.45, 2.75) is 37.0 Å². The maximum atomic E-state index is 3.72. The van der Waals surface area contributed by atoms with Crippen molar-refractivity contribution < 1.29 is 0 Å². The van der Waals surface area contributed by atoms with Gasteiger partial charge in [-0.25, -0.2) is 0 Å². The average molecular weight is 283 g/mol. The van der Waals surface area contributed by atoms with Gasteiger partial charge in [0.1, 0.15) is 0 Å². The fourth-order valence-electron chi connectivity index (χ4n) is 1.75. The first-order valence-electron chi connectivity index (χ1n) is 5.47. The van der Waals surface area contributed by atoms with E-state index < -0.39 is 0 Å². The summed E-state index contributed by atoms with van der Waals surface area (Å²) in [5.41, 5.74) is 0. The molecule has 0 aromatic heterocycles. The number of thioether (sulfide) groups is 1. The van der Waals surface area contributed by atoms with Crippen LogP contribution in [0.25, 0.3) is 0 Å². The quantitative estimate of drug-likeness (QED) is 0.705. The fourth-order valence-corrected chi connectivity index (χ4v) is 3.51. The molecule has 15 heavy (non-hydrogen) atoms. The normalized spacial score (nSPS) is 17.7. The molecule has 0 unspecified atom stereocenters. The largest absolute Gasteiger partial charge is 0.0937 e. The highest BCUT2D eigenvalue weighted by Gasteiger charge is 2.10. The van der Waals surface area contributed by atoms with Crippen LogP contribution < -0.4 is 0 Å². The third kappa shape index (κ3) is 3.39. The first-order valence-corrected chi connectivity index (χ1v) is 7.07. The van der Waals surface area contributed by atoms with Crippen LogP contribution in [0.2, 0.25) is 0 Å². The molecule has 0 bridgehead atoms. The van der Waals surface area contributed by atoms with Gasteiger partial charge in [0.2, 0.25) is 0 Å². The van der Waals surface area contributed by atoms with E-state index in [4.69, 9.17) is 0 Å². The predicted octanol–water partition coefficient (Wildman–Crippen LogP) is 5.35. The van der Waals surface area contributed by atoms with E-state index in [2.05, 4.69) is 46.3 Å². The minimum atomic E-state index is 1.22. The Morgan fingerprint density at radius 3 is 2.47 bits per heavy atom. The average Bonchev–Trinajstić information content (AvgIpc) is 2.46. The maximum Gasteiger partial charge on any atom is 0.0119 e. The summed E-state index contributed by atoms with van der Waals surface area (Å²) in [5.74, 6) is 0. The molecular weight excluding hydrogens is 268 g/mol. The predicted molar refractivity (Wildman–Crippen MR) is 71.3 cm³/mol. The maximum absolute atomic E-state index is 3.72. The lowest BCUT2D eigenvalue weighted by Gasteiger charge is -2.07. The first-order chi connectivity index (χ1) is 7.36. The van der Waals surface area contributed by atoms with Gasteiger partial charge in [-0.05, 0) is 42.7 Å². The van der Waals surface area contributed by atoms with Crippen molar-refractivity contribution in [3.8, 4) is 0 Å². The van der Waals surface area contributed by atoms with Gasteiger partial charge in [-0.2, -0.15) is 0 Å². The van der Waals surface area contributed by atoms with Gasteiger partial charge in [0.05, 0.1) is 0 Å². The zero-order valence-corrected chi connectivity index (χ0v) is 11.1. The summed E-state index contributed by atoms with van der Waals surface area (Å²) in [7, 11) is 0. The fraction of sp³-hybridized carbons (Fsp3) is 0.385. The molecule has 1 aromatic carbocycles. The van der Waals surface area contributed by atoms with Crippen LogP contribution in [0.5, 0.6) is 0 Å². The molecule has 0 saturated carbocycles. The zero-order chi connectivity index (χ0) is 10.5. The van der Waals surface area contributed by atoms with Crippen molar-refractivity contribution in [1.82, 2.24) is 0 Å². The van der Waals surface area contributed by atoms with Gasteiger partial charge in [0.15, 0.2) is 0 Å². The van der Waals surface area contributed by atoms with Crippen molar-refractivity contribution >= 4 is 27.7 Å². The minimum Gasteiger partial charge on any atom is -0.0937 e. The molecule has 0 heterocycles. The van der Waals surface area contributed by atoms with Gasteiger partial charge in [-0.15, -0.1) is 0 Å². The van der Waals surface area contributed by atoms with Crippen LogP contribution in [0.4, 0.5) is 0 Å². The molecule has 80 valence electrons. The number of rotatable bonds is 2. The summed E-state index contributed by atoms with van der Waals surface area (Å²) in [4.78, 5) is 2.88. The van der Waals surface area contributed by atoms with Gasteiger partial charge in [-0.1, -0.05) is 52.3 Å². The molecule has 0 N–H and O–H groups in total. The van der Waals surface area contributed by atoms with Crippen LogP contribution in [0.3, 0.4) is 0 Å². The number of hydrogen-bond acceptors (Lipinski definition) is 1. The summed E-state index contributed by atoms with van der Waals surface area (Å²) < 4.78 is 1.42. The summed E-state index contributed by atoms with van der Waals surface area (Å²) >= 11 is 5.64. The Balaban J connectivity index is 2.10. The smallest absolute Gasteiger partial charge is 0.0119 e. The molecule has 2 heteroatoms. The Hall–Kier alpha value is -0.210. The molecule has 0 radical (unpaired) electrons. The lowest BCUT2D eigenvalue weighted by molar-refractivity contribution is 0.715. The van der Waals surface area contributed by atoms with Crippen molar-refractivity contribution in [2.75, 3.05) is 0 Å². The van der Waals surface area contributed by atoms with Crippen molar-refractivity contribution in [1.29, 1.82) is 0 Å². The molecule has 0 atom stereocenters. The molecule has 1 aliphatic carbocycles. The molecular formula is C13H15BrS. The van der Waals surface area contributed by atoms with Gasteiger partial charge in [0, 0.05) is 9.38 Å². The third-order valence-corrected chi connectivity index (χ3v) is 4.93. The molecule has 0 saturated heterocycles. The van der Waals surface area contributed by atoms with Crippen molar-refractivity contribution in [2.24, 2.45) is 0 Å². The van der Waals surface area contributed by atoms with E-state index in [1.54, 1.807) is 0 Å². The Labute approximate surface area is 104 Å². The summed E-state index contributed by atoms with van der Waals surface area (Å²) in [5, 5.41) is 0. The van der Waals surface area contributed by atoms with Crippen molar-refractivity contribution in [3.63, 3.8) is 0 Å². The van der Waals surface area contributed by atoms with E-state index in [0.29, 0.717) is 0 Å². The van der Waals surface area contributed by atoms with Gasteiger partial charge in [0.25, 0.3) is 0 Å². The zero-order valence-electron chi connectivity index (χ0n) is 8.71. The second-order valence-electron chi connectivity index (χ2n) is 3.80. The van der Waals surface area contributed by atoms with Crippen LogP contribution in [0.15, 0.2) is 44.6 Å². The van der Waals surface area contributed by atoms with Crippen LogP contribution in [0.1, 0.15) is 32.1 Å². The molecule has 0 aliphatic heterocycles. The Morgan fingerprint density at radius 2 is 1.67 bits per heavy atom. The van der Waals surface area contributed by atoms with E-state index >= 15 is 0 Å².